The number of fused-ring (bicyclic) bond motifs is 7. The van der Waals surface area contributed by atoms with Crippen LogP contribution in [0.2, 0.25) is 0 Å². The number of rotatable bonds is 6. The third-order valence-corrected chi connectivity index (χ3v) is 14.5. The summed E-state index contributed by atoms with van der Waals surface area (Å²) in [5, 5.41) is 0. The van der Waals surface area contributed by atoms with Crippen molar-refractivity contribution in [3.63, 3.8) is 0 Å². The molecule has 3 aliphatic heterocycles. The molecule has 0 amide bonds. The predicted molar refractivity (Wildman–Crippen MR) is 163 cm³/mol. The average Bonchev–Trinajstić information content (AvgIpc) is 3.45. The van der Waals surface area contributed by atoms with Gasteiger partial charge in [0.05, 0.1) is 29.4 Å². The number of hydrogen-bond donors (Lipinski definition) is 3. The van der Waals surface area contributed by atoms with Crippen LogP contribution < -0.4 is 5.73 Å². The molecule has 4 N–H and O–H groups in total. The van der Waals surface area contributed by atoms with Gasteiger partial charge in [0.25, 0.3) is 20.2 Å². The first-order chi connectivity index (χ1) is 20.1. The van der Waals surface area contributed by atoms with Gasteiger partial charge in [0.2, 0.25) is 0 Å². The van der Waals surface area contributed by atoms with Gasteiger partial charge in [-0.3, -0.25) is 23.5 Å². The quantitative estimate of drug-likeness (QED) is 0.278. The van der Waals surface area contributed by atoms with Crippen molar-refractivity contribution in [1.29, 1.82) is 0 Å². The number of piperidine rings is 3. The van der Waals surface area contributed by atoms with E-state index < -0.39 is 48.6 Å². The van der Waals surface area contributed by atoms with Crippen molar-refractivity contribution in [2.45, 2.75) is 85.1 Å². The third kappa shape index (κ3) is 6.27. The predicted octanol–water partition coefficient (Wildman–Crippen LogP) is 2.37. The molecule has 12 nitrogen and oxygen atoms in total. The van der Waals surface area contributed by atoms with Crippen LogP contribution in [-0.2, 0) is 39.4 Å². The highest BCUT2D eigenvalue weighted by atomic mass is 32.2. The molecule has 0 spiro atoms. The minimum absolute atomic E-state index is 0.0152. The Kier molecular flexibility index (Phi) is 9.63. The molecule has 0 unspecified atom stereocenters. The molecule has 6 atom stereocenters. The summed E-state index contributed by atoms with van der Waals surface area (Å²) in [5.74, 6) is 0.481. The third-order valence-electron chi connectivity index (χ3n) is 12.8. The lowest BCUT2D eigenvalue weighted by atomic mass is 9.70. The number of Topliss-reactive ketones (excluding diaryl/α,β-unsaturated/α-hetero) is 2. The van der Waals surface area contributed by atoms with Crippen LogP contribution in [0, 0.1) is 45.3 Å². The van der Waals surface area contributed by atoms with Crippen molar-refractivity contribution in [2.24, 2.45) is 51.1 Å². The molecule has 0 aromatic carbocycles. The van der Waals surface area contributed by atoms with E-state index >= 15 is 0 Å². The maximum absolute atomic E-state index is 11.9. The molecule has 4 aliphatic carbocycles. The second kappa shape index (κ2) is 12.0. The fraction of sp³-hybridized carbons (Fsp3) is 0.900. The van der Waals surface area contributed by atoms with Crippen molar-refractivity contribution in [1.82, 2.24) is 4.90 Å². The van der Waals surface area contributed by atoms with E-state index in [1.165, 1.54) is 33.0 Å². The van der Waals surface area contributed by atoms with Crippen molar-refractivity contribution in [3.05, 3.63) is 0 Å². The van der Waals surface area contributed by atoms with Crippen molar-refractivity contribution < 1.29 is 45.1 Å². The highest BCUT2D eigenvalue weighted by molar-refractivity contribution is 7.86. The molecule has 4 saturated carbocycles. The highest BCUT2D eigenvalue weighted by Gasteiger charge is 2.66. The van der Waals surface area contributed by atoms with E-state index in [1.54, 1.807) is 0 Å². The first-order valence-electron chi connectivity index (χ1n) is 15.6. The number of ketones is 2. The van der Waals surface area contributed by atoms with Crippen LogP contribution in [0.25, 0.3) is 0 Å². The molecule has 7 aliphatic rings. The zero-order valence-electron chi connectivity index (χ0n) is 26.6. The largest absolute Gasteiger partial charge is 0.468 e. The summed E-state index contributed by atoms with van der Waals surface area (Å²) in [6.07, 6.45) is 6.32. The molecule has 3 heterocycles. The van der Waals surface area contributed by atoms with Gasteiger partial charge < -0.3 is 15.4 Å². The zero-order valence-corrected chi connectivity index (χ0v) is 28.2. The van der Waals surface area contributed by atoms with Crippen LogP contribution >= 0.6 is 0 Å². The molecule has 0 radical (unpaired) electrons. The molecule has 252 valence electrons. The Bertz CT molecular complexity index is 1290. The Hall–Kier alpha value is -1.45. The van der Waals surface area contributed by atoms with E-state index in [4.69, 9.17) is 19.6 Å². The Morgan fingerprint density at radius 3 is 1.52 bits per heavy atom. The fourth-order valence-electron chi connectivity index (χ4n) is 9.57. The molecule has 7 fully saturated rings. The Balaban J connectivity index is 0.000000151. The number of ether oxygens (including phenoxy) is 1. The fourth-order valence-corrected chi connectivity index (χ4v) is 12.2. The van der Waals surface area contributed by atoms with E-state index in [2.05, 4.69) is 4.90 Å². The molecule has 3 saturated heterocycles. The van der Waals surface area contributed by atoms with E-state index in [1.807, 2.05) is 27.7 Å². The number of carbonyl (C=O) groups is 3. The summed E-state index contributed by atoms with van der Waals surface area (Å²) in [5.41, 5.74) is 3.65. The number of carbonyl (C=O) groups excluding carboxylic acids is 3. The molecular weight excluding hydrogens is 612 g/mol. The van der Waals surface area contributed by atoms with E-state index in [-0.39, 0.29) is 40.2 Å². The van der Waals surface area contributed by atoms with Crippen LogP contribution in [0.5, 0.6) is 0 Å². The normalized spacial score (nSPS) is 38.4. The molecule has 7 rings (SSSR count). The molecule has 44 heavy (non-hydrogen) atoms. The maximum Gasteiger partial charge on any atom is 0.322 e. The number of nitrogens with two attached hydrogens (primary N) is 1. The van der Waals surface area contributed by atoms with Crippen molar-refractivity contribution in [2.75, 3.05) is 38.2 Å². The van der Waals surface area contributed by atoms with Gasteiger partial charge in [0.1, 0.15) is 17.6 Å². The highest BCUT2D eigenvalue weighted by Crippen LogP contribution is 2.65. The van der Waals surface area contributed by atoms with Crippen LogP contribution in [0.15, 0.2) is 0 Å². The lowest BCUT2D eigenvalue weighted by Crippen LogP contribution is -2.55. The first kappa shape index (κ1) is 35.4. The lowest BCUT2D eigenvalue weighted by Gasteiger charge is -2.46. The first-order valence-corrected chi connectivity index (χ1v) is 18.8. The molecule has 0 aromatic heterocycles. The van der Waals surface area contributed by atoms with Gasteiger partial charge >= 0.3 is 5.97 Å². The van der Waals surface area contributed by atoms with Gasteiger partial charge in [-0.05, 0) is 80.2 Å². The van der Waals surface area contributed by atoms with Crippen LogP contribution in [0.3, 0.4) is 0 Å². The average molecular weight is 663 g/mol. The summed E-state index contributed by atoms with van der Waals surface area (Å²) in [6.45, 7) is 11.1. The van der Waals surface area contributed by atoms with Crippen molar-refractivity contribution in [3.8, 4) is 0 Å². The minimum Gasteiger partial charge on any atom is -0.468 e. The standard InChI is InChI=1S/C10H18N2O2.2C10H16O4S/c1-14-10(13)9(11)8-6-12-4-2-7(8)3-5-12;2*1-9(2)7-3-4-10(9,8(11)5-7)6-15(12,13)14/h7-9H,2-6,11H2,1H3;2*7H,3-6H2,1-2H3,(H,12,13,14)/t8-,9+;2*7-,10-/m011/s1. The Labute approximate surface area is 261 Å². The molecule has 14 heteroatoms. The monoisotopic (exact) mass is 662 g/mol. The van der Waals surface area contributed by atoms with Crippen LogP contribution in [0.4, 0.5) is 0 Å². The number of methoxy groups -OCH3 is 1. The van der Waals surface area contributed by atoms with Gasteiger partial charge in [-0.1, -0.05) is 27.7 Å². The lowest BCUT2D eigenvalue weighted by molar-refractivity contribution is -0.145. The summed E-state index contributed by atoms with van der Waals surface area (Å²) in [4.78, 5) is 37.5. The second-order valence-electron chi connectivity index (χ2n) is 15.1. The topological polar surface area (TPSA) is 198 Å². The Morgan fingerprint density at radius 2 is 1.27 bits per heavy atom. The van der Waals surface area contributed by atoms with Gasteiger partial charge in [-0.2, -0.15) is 16.8 Å². The summed E-state index contributed by atoms with van der Waals surface area (Å²) in [6, 6.07) is -0.423. The molecular formula is C30H50N2O10S2. The second-order valence-corrected chi connectivity index (χ2v) is 18.0. The summed E-state index contributed by atoms with van der Waals surface area (Å²) < 4.78 is 66.6. The van der Waals surface area contributed by atoms with E-state index in [0.29, 0.717) is 37.5 Å². The zero-order chi connectivity index (χ0) is 33.1. The summed E-state index contributed by atoms with van der Waals surface area (Å²) >= 11 is 0. The van der Waals surface area contributed by atoms with Crippen LogP contribution in [-0.4, -0.2) is 92.7 Å². The minimum atomic E-state index is -4.08. The van der Waals surface area contributed by atoms with Crippen molar-refractivity contribution >= 4 is 37.8 Å². The van der Waals surface area contributed by atoms with Gasteiger partial charge in [-0.15, -0.1) is 0 Å². The van der Waals surface area contributed by atoms with E-state index in [0.717, 1.165) is 19.4 Å². The number of hydrogen-bond acceptors (Lipinski definition) is 10. The SMILES string of the molecule is CC1(C)[C@@H]2CC[C@@]1(CS(=O)(=O)O)C(=O)C2.CC1(C)[C@@H]2CC[C@@]1(CS(=O)(=O)O)C(=O)C2.COC(=O)[C@H](N)[C@H]1CN2CCC1CC2. The smallest absolute Gasteiger partial charge is 0.322 e. The maximum atomic E-state index is 11.9. The van der Waals surface area contributed by atoms with Crippen LogP contribution in [0.1, 0.15) is 79.1 Å². The number of esters is 1. The van der Waals surface area contributed by atoms with Gasteiger partial charge in [0.15, 0.2) is 0 Å². The molecule has 0 aromatic rings. The molecule has 6 bridgehead atoms. The summed E-state index contributed by atoms with van der Waals surface area (Å²) in [7, 11) is -6.75. The van der Waals surface area contributed by atoms with Gasteiger partial charge in [0, 0.05) is 25.3 Å². The number of nitrogens with zero attached hydrogens (tertiary/aromatic N) is 1. The Morgan fingerprint density at radius 1 is 0.864 bits per heavy atom. The van der Waals surface area contributed by atoms with E-state index in [9.17, 15) is 31.2 Å². The van der Waals surface area contributed by atoms with Gasteiger partial charge in [-0.25, -0.2) is 0 Å².